The van der Waals surface area contributed by atoms with Gasteiger partial charge in [-0.2, -0.15) is 20.2 Å². The molecule has 1 aromatic heterocycles. The summed E-state index contributed by atoms with van der Waals surface area (Å²) in [6.07, 6.45) is 0. The van der Waals surface area contributed by atoms with Crippen LogP contribution < -0.4 is 25.6 Å². The van der Waals surface area contributed by atoms with Crippen molar-refractivity contribution in [2.24, 2.45) is 10.2 Å². The second-order valence-electron chi connectivity index (χ2n) is 9.99. The maximum atomic E-state index is 12.0. The SMILES string of the molecule is CNS(=O)(=O)c1ccc(C(C)=NNc2cc(NN=C(C)c3ccc(S(=O)(=O)NC)cc3)nc(Nc3ccc(C)cc3C)n2)cc1. The summed E-state index contributed by atoms with van der Waals surface area (Å²) >= 11 is 0. The summed E-state index contributed by atoms with van der Waals surface area (Å²) in [6, 6.07) is 20.3. The molecule has 1 heterocycles. The zero-order valence-corrected chi connectivity index (χ0v) is 27.3. The summed E-state index contributed by atoms with van der Waals surface area (Å²) < 4.78 is 52.8. The second kappa shape index (κ2) is 13.9. The number of aromatic nitrogens is 2. The second-order valence-corrected chi connectivity index (χ2v) is 13.8. The number of nitrogens with one attached hydrogen (secondary N) is 5. The minimum absolute atomic E-state index is 0.151. The molecule has 0 saturated carbocycles. The zero-order valence-electron chi connectivity index (χ0n) is 25.7. The van der Waals surface area contributed by atoms with Crippen LogP contribution in [0, 0.1) is 13.8 Å². The Morgan fingerprint density at radius 3 is 1.49 bits per heavy atom. The van der Waals surface area contributed by atoms with Gasteiger partial charge in [-0.05, 0) is 88.8 Å². The molecular weight excluding hydrogens is 615 g/mol. The van der Waals surface area contributed by atoms with Gasteiger partial charge in [-0.3, -0.25) is 10.9 Å². The van der Waals surface area contributed by atoms with E-state index in [2.05, 4.69) is 45.8 Å². The van der Waals surface area contributed by atoms with Gasteiger partial charge in [0.15, 0.2) is 11.6 Å². The Morgan fingerprint density at radius 2 is 1.09 bits per heavy atom. The van der Waals surface area contributed by atoms with Crippen molar-refractivity contribution in [3.8, 4) is 0 Å². The lowest BCUT2D eigenvalue weighted by atomic mass is 10.1. The van der Waals surface area contributed by atoms with E-state index in [1.54, 1.807) is 44.2 Å². The lowest BCUT2D eigenvalue weighted by molar-refractivity contribution is 0.586. The Hall–Kier alpha value is -4.70. The van der Waals surface area contributed by atoms with E-state index in [0.717, 1.165) is 16.8 Å². The van der Waals surface area contributed by atoms with Crippen molar-refractivity contribution in [1.82, 2.24) is 19.4 Å². The minimum atomic E-state index is -3.55. The molecule has 0 aliphatic carbocycles. The zero-order chi connectivity index (χ0) is 32.8. The first-order chi connectivity index (χ1) is 21.3. The van der Waals surface area contributed by atoms with Gasteiger partial charge < -0.3 is 5.32 Å². The molecule has 4 rings (SSSR count). The number of nitrogens with zero attached hydrogens (tertiary/aromatic N) is 4. The first-order valence-corrected chi connectivity index (χ1v) is 16.7. The molecule has 3 aromatic carbocycles. The first-order valence-electron chi connectivity index (χ1n) is 13.7. The molecule has 0 spiro atoms. The normalized spacial score (nSPS) is 12.6. The van der Waals surface area contributed by atoms with Crippen molar-refractivity contribution >= 4 is 54.7 Å². The highest BCUT2D eigenvalue weighted by Crippen LogP contribution is 2.23. The Balaban J connectivity index is 1.61. The summed E-state index contributed by atoms with van der Waals surface area (Å²) in [4.78, 5) is 9.43. The van der Waals surface area contributed by atoms with Crippen LogP contribution in [0.2, 0.25) is 0 Å². The number of rotatable bonds is 12. The Bertz CT molecular complexity index is 1850. The highest BCUT2D eigenvalue weighted by Gasteiger charge is 2.13. The fourth-order valence-electron chi connectivity index (χ4n) is 4.09. The monoisotopic (exact) mass is 649 g/mol. The Morgan fingerprint density at radius 1 is 0.644 bits per heavy atom. The number of anilines is 4. The van der Waals surface area contributed by atoms with Crippen LogP contribution in [-0.2, 0) is 20.0 Å². The van der Waals surface area contributed by atoms with Crippen LogP contribution in [0.25, 0.3) is 0 Å². The Labute approximate surface area is 263 Å². The van der Waals surface area contributed by atoms with E-state index >= 15 is 0 Å². The van der Waals surface area contributed by atoms with Gasteiger partial charge in [0.05, 0.1) is 21.2 Å². The molecule has 0 unspecified atom stereocenters. The molecule has 0 radical (unpaired) electrons. The molecular formula is C30H35N9O4S2. The summed E-state index contributed by atoms with van der Waals surface area (Å²) in [7, 11) is -4.38. The van der Waals surface area contributed by atoms with Gasteiger partial charge >= 0.3 is 0 Å². The molecule has 0 aliphatic rings. The van der Waals surface area contributed by atoms with Gasteiger partial charge in [-0.1, -0.05) is 42.0 Å². The smallest absolute Gasteiger partial charge is 0.240 e. The standard InChI is InChI=1S/C30H35N9O4S2/c1-19-7-16-27(20(2)17-19)33-30-34-28(38-36-21(3)23-8-12-25(13-9-23)44(40,41)31-5)18-29(35-30)39-37-22(4)24-10-14-26(15-11-24)45(42,43)32-6/h7-18,31-32H,1-6H3,(H3,33,34,35,38,39). The molecule has 4 aromatic rings. The predicted molar refractivity (Wildman–Crippen MR) is 178 cm³/mol. The average Bonchev–Trinajstić information content (AvgIpc) is 3.04. The van der Waals surface area contributed by atoms with Gasteiger partial charge in [0, 0.05) is 11.8 Å². The summed E-state index contributed by atoms with van der Waals surface area (Å²) in [5.41, 5.74) is 11.5. The summed E-state index contributed by atoms with van der Waals surface area (Å²) in [5, 5.41) is 12.1. The third kappa shape index (κ3) is 8.48. The number of hydrogen-bond acceptors (Lipinski definition) is 11. The summed E-state index contributed by atoms with van der Waals surface area (Å²) in [5.74, 6) is 1.02. The molecule has 236 valence electrons. The van der Waals surface area contributed by atoms with Crippen LogP contribution in [0.4, 0.5) is 23.3 Å². The number of sulfonamides is 2. The summed E-state index contributed by atoms with van der Waals surface area (Å²) in [6.45, 7) is 7.56. The van der Waals surface area contributed by atoms with Crippen LogP contribution in [-0.4, -0.2) is 52.3 Å². The molecule has 0 fully saturated rings. The van der Waals surface area contributed by atoms with Crippen LogP contribution in [0.1, 0.15) is 36.1 Å². The largest absolute Gasteiger partial charge is 0.324 e. The van der Waals surface area contributed by atoms with Crippen LogP contribution in [0.15, 0.2) is 92.8 Å². The fourth-order valence-corrected chi connectivity index (χ4v) is 5.55. The van der Waals surface area contributed by atoms with Gasteiger partial charge in [0.1, 0.15) is 0 Å². The number of hydrazone groups is 2. The molecule has 45 heavy (non-hydrogen) atoms. The highest BCUT2D eigenvalue weighted by molar-refractivity contribution is 7.89. The van der Waals surface area contributed by atoms with E-state index in [4.69, 9.17) is 0 Å². The number of benzene rings is 3. The maximum absolute atomic E-state index is 12.0. The molecule has 0 bridgehead atoms. The lowest BCUT2D eigenvalue weighted by Crippen LogP contribution is -2.18. The molecule has 0 amide bonds. The predicted octanol–water partition coefficient (Wildman–Crippen LogP) is 4.33. The van der Waals surface area contributed by atoms with E-state index in [-0.39, 0.29) is 9.79 Å². The van der Waals surface area contributed by atoms with Crippen molar-refractivity contribution < 1.29 is 16.8 Å². The molecule has 15 heteroatoms. The first kappa shape index (κ1) is 33.2. The Kier molecular flexibility index (Phi) is 10.3. The van der Waals surface area contributed by atoms with Crippen molar-refractivity contribution in [3.63, 3.8) is 0 Å². The molecule has 0 aliphatic heterocycles. The van der Waals surface area contributed by atoms with Crippen LogP contribution in [0.3, 0.4) is 0 Å². The van der Waals surface area contributed by atoms with Crippen molar-refractivity contribution in [2.75, 3.05) is 30.3 Å². The number of aryl methyl sites for hydroxylation is 2. The number of hydrogen-bond donors (Lipinski definition) is 5. The van der Waals surface area contributed by atoms with E-state index < -0.39 is 20.0 Å². The fraction of sp³-hybridized carbons (Fsp3) is 0.200. The van der Waals surface area contributed by atoms with Crippen molar-refractivity contribution in [3.05, 3.63) is 95.1 Å². The quantitative estimate of drug-likeness (QED) is 0.110. The van der Waals surface area contributed by atoms with Crippen molar-refractivity contribution in [2.45, 2.75) is 37.5 Å². The third-order valence-electron chi connectivity index (χ3n) is 6.73. The third-order valence-corrected chi connectivity index (χ3v) is 9.59. The van der Waals surface area contributed by atoms with Gasteiger partial charge in [-0.25, -0.2) is 26.3 Å². The molecule has 5 N–H and O–H groups in total. The van der Waals surface area contributed by atoms with E-state index in [1.165, 1.54) is 38.4 Å². The van der Waals surface area contributed by atoms with Gasteiger partial charge in [0.2, 0.25) is 26.0 Å². The van der Waals surface area contributed by atoms with E-state index in [9.17, 15) is 16.8 Å². The van der Waals surface area contributed by atoms with Crippen LogP contribution in [0.5, 0.6) is 0 Å². The average molecular weight is 650 g/mol. The highest BCUT2D eigenvalue weighted by atomic mass is 32.2. The van der Waals surface area contributed by atoms with E-state index in [1.807, 2.05) is 32.0 Å². The van der Waals surface area contributed by atoms with E-state index in [0.29, 0.717) is 40.1 Å². The lowest BCUT2D eigenvalue weighted by Gasteiger charge is -2.12. The van der Waals surface area contributed by atoms with Gasteiger partial charge in [0.25, 0.3) is 0 Å². The van der Waals surface area contributed by atoms with Gasteiger partial charge in [-0.15, -0.1) is 0 Å². The maximum Gasteiger partial charge on any atom is 0.240 e. The molecule has 13 nitrogen and oxygen atoms in total. The molecule has 0 saturated heterocycles. The molecule has 0 atom stereocenters. The van der Waals surface area contributed by atoms with Crippen LogP contribution >= 0.6 is 0 Å². The minimum Gasteiger partial charge on any atom is -0.324 e. The topological polar surface area (TPSA) is 179 Å². The van der Waals surface area contributed by atoms with Crippen molar-refractivity contribution in [1.29, 1.82) is 0 Å².